The van der Waals surface area contributed by atoms with Gasteiger partial charge >= 0.3 is 42.4 Å². The zero-order valence-corrected chi connectivity index (χ0v) is 49.9. The van der Waals surface area contributed by atoms with Crippen LogP contribution in [-0.4, -0.2) is 117 Å². The first-order chi connectivity index (χ1) is 43.4. The SMILES string of the molecule is COc1cc(O)ccc1O.COc1cc2c(cc1O)[n+]([O-])c1ccccc1[n+]2[O-].COc1cc2nc3ccccc3nc2cc1O.Nc1ccccc1[N+](=O)[O-].Nc1ccccc1[N+](=O)[O-].O=S(=O)=O.O=S(=O)=O.O=S(=O)=O.O=S(=O)=O.[O-][n+]1onc2ccccc21. The number of nitrogens with two attached hydrogens (primary N) is 2. The van der Waals surface area contributed by atoms with Crippen LogP contribution in [0.2, 0.25) is 0 Å². The number of rotatable bonds is 5. The van der Waals surface area contributed by atoms with E-state index in [1.165, 1.54) is 75.9 Å². The van der Waals surface area contributed by atoms with Gasteiger partial charge in [0.05, 0.1) is 65.4 Å². The first kappa shape index (κ1) is 75.3. The van der Waals surface area contributed by atoms with Gasteiger partial charge in [-0.1, -0.05) is 60.7 Å². The Balaban J connectivity index is 0.000000365. The van der Waals surface area contributed by atoms with Crippen LogP contribution in [0.25, 0.3) is 55.2 Å². The lowest BCUT2D eigenvalue weighted by Gasteiger charge is -2.09. The number of para-hydroxylation sites is 9. The highest BCUT2D eigenvalue weighted by atomic mass is 32.2. The molecule has 8 aromatic carbocycles. The first-order valence-corrected chi connectivity index (χ1v) is 27.8. The summed E-state index contributed by atoms with van der Waals surface area (Å²) in [5.74, 6) is 0.823. The van der Waals surface area contributed by atoms with E-state index in [-0.39, 0.29) is 79.3 Å². The molecule has 8 N–H and O–H groups in total. The third-order valence-electron chi connectivity index (χ3n) is 10.4. The van der Waals surface area contributed by atoms with Gasteiger partial charge in [-0.05, 0) is 53.4 Å². The number of hydrogen-bond acceptors (Lipinski definition) is 32. The van der Waals surface area contributed by atoms with E-state index < -0.39 is 52.3 Å². The molecular weight excluding hydrogens is 1310 g/mol. The number of methoxy groups -OCH3 is 3. The van der Waals surface area contributed by atoms with Crippen LogP contribution in [0.4, 0.5) is 22.7 Å². The van der Waals surface area contributed by atoms with Crippen molar-refractivity contribution in [2.75, 3.05) is 32.8 Å². The predicted molar refractivity (Wildman–Crippen MR) is 316 cm³/mol. The Labute approximate surface area is 519 Å². The van der Waals surface area contributed by atoms with E-state index in [1.807, 2.05) is 24.3 Å². The molecule has 0 atom stereocenters. The molecule has 0 saturated heterocycles. The molecule has 37 nitrogen and oxygen atoms in total. The third-order valence-corrected chi connectivity index (χ3v) is 10.4. The summed E-state index contributed by atoms with van der Waals surface area (Å²) in [4.78, 5) is 28.6. The molecule has 0 aliphatic rings. The Morgan fingerprint density at radius 2 is 0.750 bits per heavy atom. The number of nitro groups is 2. The van der Waals surface area contributed by atoms with Gasteiger partial charge in [-0.15, -0.1) is 50.5 Å². The Morgan fingerprint density at radius 1 is 0.413 bits per heavy atom. The molecule has 92 heavy (non-hydrogen) atoms. The smallest absolute Gasteiger partial charge is 0.425 e. The van der Waals surface area contributed by atoms with Crippen molar-refractivity contribution in [3.63, 3.8) is 0 Å². The molecule has 484 valence electrons. The highest BCUT2D eigenvalue weighted by Gasteiger charge is 2.23. The van der Waals surface area contributed by atoms with Crippen molar-refractivity contribution >= 4 is 120 Å². The van der Waals surface area contributed by atoms with Gasteiger partial charge in [0.1, 0.15) is 17.1 Å². The number of anilines is 2. The topological polar surface area (TPSA) is 584 Å². The molecule has 0 unspecified atom stereocenters. The Kier molecular flexibility index (Phi) is 30.9. The summed E-state index contributed by atoms with van der Waals surface area (Å²) in [6, 6.07) is 43.1. The fourth-order valence-corrected chi connectivity index (χ4v) is 6.70. The lowest BCUT2D eigenvalue weighted by Crippen LogP contribution is -2.39. The van der Waals surface area contributed by atoms with Gasteiger partial charge in [-0.3, -0.25) is 24.9 Å². The average molecular weight is 1360 g/mol. The maximum Gasteiger partial charge on any atom is 0.425 e. The number of hydrogen-bond donors (Lipinski definition) is 6. The van der Waals surface area contributed by atoms with Gasteiger partial charge < -0.3 is 61.7 Å². The number of aromatic hydroxyl groups is 4. The van der Waals surface area contributed by atoms with E-state index in [0.29, 0.717) is 42.2 Å². The van der Waals surface area contributed by atoms with Crippen molar-refractivity contribution in [3.8, 4) is 40.2 Å². The van der Waals surface area contributed by atoms with Crippen molar-refractivity contribution in [2.24, 2.45) is 0 Å². The van der Waals surface area contributed by atoms with E-state index in [1.54, 1.807) is 84.9 Å². The van der Waals surface area contributed by atoms with Crippen LogP contribution in [0.5, 0.6) is 40.2 Å². The second-order valence-electron chi connectivity index (χ2n) is 16.0. The molecule has 11 rings (SSSR count). The minimum absolute atomic E-state index is 0.0281. The standard InChI is InChI=1S/C13H10N2O4.C13H10N2O2.C7H8O3.C6H4N2O2.2C6H6N2O2.4O3S/c1-19-13-7-11-10(6-12(13)16)14(17)8-4-2-3-5-9(8)15(11)18;1-17-13-7-11-10(6-12(13)16)14-8-4-2-3-5-9(8)15-11;1-10-7-4-5(8)2-3-6(7)9;9-8-6-4-2-1-3-5(6)7-10-8;2*7-5-3-1-2-4-6(5)8(9)10;4*1-4(2)3/h2-7,16H,1H3;2-7,16H,1H3;2-4,8-9H,1H3;1-4H;2*1-4H,7H2;;;;. The third kappa shape index (κ3) is 24.9. The average Bonchev–Trinajstić information content (AvgIpc) is 0.909. The molecule has 0 amide bonds. The Bertz CT molecular complexity index is 4670. The summed E-state index contributed by atoms with van der Waals surface area (Å²) in [5.41, 5.74) is 15.7. The number of nitro benzene ring substituents is 2. The highest BCUT2D eigenvalue weighted by Crippen LogP contribution is 2.32. The van der Waals surface area contributed by atoms with Gasteiger partial charge in [0, 0.05) is 47.6 Å². The lowest BCUT2D eigenvalue weighted by atomic mass is 10.2. The number of aromatic nitrogens is 6. The summed E-state index contributed by atoms with van der Waals surface area (Å²) >= 11 is 0. The van der Waals surface area contributed by atoms with Crippen LogP contribution in [0, 0.1) is 35.9 Å². The molecule has 11 aromatic rings. The summed E-state index contributed by atoms with van der Waals surface area (Å²) in [7, 11) is -8.13. The second kappa shape index (κ2) is 37.7. The molecule has 0 aliphatic carbocycles. The van der Waals surface area contributed by atoms with Crippen LogP contribution < -0.4 is 40.0 Å². The van der Waals surface area contributed by atoms with Crippen molar-refractivity contribution in [1.29, 1.82) is 0 Å². The van der Waals surface area contributed by atoms with E-state index in [0.717, 1.165) is 11.0 Å². The van der Waals surface area contributed by atoms with Gasteiger partial charge in [0.15, 0.2) is 34.5 Å². The Hall–Kier alpha value is -12.8. The quantitative estimate of drug-likeness (QED) is 0.0273. The summed E-state index contributed by atoms with van der Waals surface area (Å²) in [6.07, 6.45) is 0. The van der Waals surface area contributed by atoms with Crippen LogP contribution >= 0.6 is 0 Å². The monoisotopic (exact) mass is 1360 g/mol. The minimum Gasteiger partial charge on any atom is -0.617 e. The fraction of sp³-hybridized carbons (Fsp3) is 0.0588. The van der Waals surface area contributed by atoms with E-state index in [4.69, 9.17) is 86.4 Å². The highest BCUT2D eigenvalue weighted by molar-refractivity contribution is 7.59. The predicted octanol–water partition coefficient (Wildman–Crippen LogP) is 3.38. The van der Waals surface area contributed by atoms with E-state index in [2.05, 4.69) is 19.8 Å². The van der Waals surface area contributed by atoms with Gasteiger partial charge in [0.25, 0.3) is 33.4 Å². The summed E-state index contributed by atoms with van der Waals surface area (Å²) in [6.45, 7) is 0. The molecule has 0 fully saturated rings. The largest absolute Gasteiger partial charge is 0.617 e. The van der Waals surface area contributed by atoms with Crippen molar-refractivity contribution < 1.29 is 114 Å². The molecule has 3 aromatic heterocycles. The maximum absolute atomic E-state index is 12.2. The molecule has 0 aliphatic heterocycles. The summed E-state index contributed by atoms with van der Waals surface area (Å²) in [5, 5.41) is 96.2. The first-order valence-electron chi connectivity index (χ1n) is 23.8. The van der Waals surface area contributed by atoms with Crippen molar-refractivity contribution in [3.05, 3.63) is 200 Å². The number of nitrogen functional groups attached to an aromatic ring is 2. The zero-order valence-electron chi connectivity index (χ0n) is 46.6. The molecule has 3 heterocycles. The fourth-order valence-electron chi connectivity index (χ4n) is 6.70. The maximum atomic E-state index is 12.2. The number of benzene rings is 8. The lowest BCUT2D eigenvalue weighted by molar-refractivity contribution is -0.782. The number of nitrogens with zero attached hydrogens (tertiary/aromatic N) is 8. The molecule has 0 saturated carbocycles. The van der Waals surface area contributed by atoms with Crippen LogP contribution in [0.15, 0.2) is 168 Å². The van der Waals surface area contributed by atoms with Crippen molar-refractivity contribution in [2.45, 2.75) is 0 Å². The molecule has 41 heteroatoms. The zero-order chi connectivity index (χ0) is 69.4. The van der Waals surface area contributed by atoms with Gasteiger partial charge in [0.2, 0.25) is 11.0 Å². The minimum atomic E-state index is -3.11. The molecular formula is C51H44N10O27S4. The number of ether oxygens (including phenoxy) is 3. The number of fused-ring (bicyclic) bond motifs is 5. The van der Waals surface area contributed by atoms with Crippen molar-refractivity contribution in [1.82, 2.24) is 15.1 Å². The van der Waals surface area contributed by atoms with Gasteiger partial charge in [-0.2, -0.15) is 9.46 Å². The van der Waals surface area contributed by atoms with E-state index >= 15 is 0 Å². The molecule has 0 radical (unpaired) electrons. The van der Waals surface area contributed by atoms with Crippen LogP contribution in [0.3, 0.4) is 0 Å². The molecule has 0 spiro atoms. The van der Waals surface area contributed by atoms with Crippen LogP contribution in [0.1, 0.15) is 0 Å². The van der Waals surface area contributed by atoms with Crippen LogP contribution in [-0.2, 0) is 42.4 Å². The number of phenolic OH excluding ortho intramolecular Hbond substituents is 4. The van der Waals surface area contributed by atoms with Gasteiger partial charge in [-0.25, -0.2) is 9.97 Å². The number of phenols is 4. The molecule has 0 bridgehead atoms. The second-order valence-corrected chi connectivity index (χ2v) is 17.7. The Morgan fingerprint density at radius 3 is 1.13 bits per heavy atom. The normalized spacial score (nSPS) is 9.47. The summed E-state index contributed by atoms with van der Waals surface area (Å²) < 4.78 is 122. The van der Waals surface area contributed by atoms with E-state index in [9.17, 15) is 46.1 Å².